The van der Waals surface area contributed by atoms with Gasteiger partial charge in [0.05, 0.1) is 49.1 Å². The fourth-order valence-corrected chi connectivity index (χ4v) is 6.14. The van der Waals surface area contributed by atoms with Crippen LogP contribution in [-0.2, 0) is 14.6 Å². The second-order valence-electron chi connectivity index (χ2n) is 7.28. The van der Waals surface area contributed by atoms with Crippen molar-refractivity contribution in [3.8, 4) is 0 Å². The van der Waals surface area contributed by atoms with Crippen molar-refractivity contribution in [3.05, 3.63) is 29.8 Å². The molecule has 1 amide bonds. The van der Waals surface area contributed by atoms with Crippen molar-refractivity contribution in [1.29, 1.82) is 0 Å². The Balaban J connectivity index is 1.46. The maximum Gasteiger partial charge on any atom is 0.275 e. The molecule has 9 heteroatoms. The number of amides is 1. The number of sulfone groups is 1. The zero-order valence-electron chi connectivity index (χ0n) is 15.3. The molecule has 1 aromatic rings. The van der Waals surface area contributed by atoms with Crippen LogP contribution < -0.4 is 15.1 Å². The van der Waals surface area contributed by atoms with Crippen LogP contribution in [0.5, 0.6) is 0 Å². The summed E-state index contributed by atoms with van der Waals surface area (Å²) in [4.78, 5) is 27.0. The quantitative estimate of drug-likeness (QED) is 0.482. The molecule has 0 saturated carbocycles. The first-order valence-corrected chi connectivity index (χ1v) is 11.3. The number of hydrogen-bond donors (Lipinski definition) is 2. The lowest BCUT2D eigenvalue weighted by Crippen LogP contribution is -3.16. The summed E-state index contributed by atoms with van der Waals surface area (Å²) in [6.07, 6.45) is 0. The number of halogens is 1. The van der Waals surface area contributed by atoms with Gasteiger partial charge in [0.15, 0.2) is 22.2 Å². The molecule has 2 fully saturated rings. The maximum absolute atomic E-state index is 12.2. The first-order valence-electron chi connectivity index (χ1n) is 9.07. The van der Waals surface area contributed by atoms with Crippen LogP contribution in [0.15, 0.2) is 24.3 Å². The molecular formula is C18H25ClN3O4S+. The number of nitrogens with zero attached hydrogens (tertiary/aromatic N) is 1. The number of nitrogens with one attached hydrogen (secondary N) is 2. The summed E-state index contributed by atoms with van der Waals surface area (Å²) in [7, 11) is -3.15. The van der Waals surface area contributed by atoms with E-state index in [1.807, 2.05) is 24.3 Å². The number of carbonyl (C=O) groups is 2. The molecule has 27 heavy (non-hydrogen) atoms. The third kappa shape index (κ3) is 5.21. The summed E-state index contributed by atoms with van der Waals surface area (Å²) in [5.41, 5.74) is 1.77. The summed E-state index contributed by atoms with van der Waals surface area (Å²) in [6, 6.07) is 7.08. The van der Waals surface area contributed by atoms with Crippen molar-refractivity contribution in [2.24, 2.45) is 0 Å². The average molecular weight is 415 g/mol. The molecule has 0 radical (unpaired) electrons. The molecule has 2 aliphatic heterocycles. The topological polar surface area (TPSA) is 88.0 Å². The number of carbonyl (C=O) groups excluding carboxylic acids is 2. The third-order valence-corrected chi connectivity index (χ3v) is 7.53. The number of anilines is 1. The largest absolute Gasteiger partial charge is 0.360 e. The van der Waals surface area contributed by atoms with Gasteiger partial charge in [0, 0.05) is 11.3 Å². The van der Waals surface area contributed by atoms with Gasteiger partial charge in [-0.05, 0) is 31.2 Å². The van der Waals surface area contributed by atoms with Crippen molar-refractivity contribution >= 4 is 38.8 Å². The molecular weight excluding hydrogens is 390 g/mol. The van der Waals surface area contributed by atoms with E-state index in [9.17, 15) is 18.0 Å². The second kappa shape index (κ2) is 8.16. The van der Waals surface area contributed by atoms with E-state index in [2.05, 4.69) is 10.2 Å². The predicted molar refractivity (Wildman–Crippen MR) is 104 cm³/mol. The van der Waals surface area contributed by atoms with Gasteiger partial charge in [-0.3, -0.25) is 9.59 Å². The normalized spacial score (nSPS) is 25.3. The van der Waals surface area contributed by atoms with Crippen LogP contribution >= 0.6 is 11.6 Å². The Bertz CT molecular complexity index is 804. The van der Waals surface area contributed by atoms with Crippen molar-refractivity contribution in [2.75, 3.05) is 49.1 Å². The number of benzene rings is 1. The van der Waals surface area contributed by atoms with E-state index >= 15 is 0 Å². The standard InChI is InChI=1S/C18H24ClN3O4S/c1-13(23)14-2-4-15(5-3-14)22-8-6-21(7-9-22)10-18(24)20-17-12-27(25,26)11-16(17)19/h2-5,16-17H,6-12H2,1H3,(H,20,24)/p+1/t16-,17+/m0/s1. The minimum atomic E-state index is -3.15. The van der Waals surface area contributed by atoms with Gasteiger partial charge in [-0.2, -0.15) is 0 Å². The number of alkyl halides is 1. The van der Waals surface area contributed by atoms with E-state index in [0.717, 1.165) is 36.8 Å². The summed E-state index contributed by atoms with van der Waals surface area (Å²) in [6.45, 7) is 5.13. The minimum absolute atomic E-state index is 0.0519. The van der Waals surface area contributed by atoms with Gasteiger partial charge < -0.3 is 15.1 Å². The van der Waals surface area contributed by atoms with Crippen LogP contribution in [0.1, 0.15) is 17.3 Å². The highest BCUT2D eigenvalue weighted by Crippen LogP contribution is 2.18. The Hall–Kier alpha value is -1.64. The molecule has 7 nitrogen and oxygen atoms in total. The van der Waals surface area contributed by atoms with Gasteiger partial charge in [0.2, 0.25) is 0 Å². The highest BCUT2D eigenvalue weighted by Gasteiger charge is 2.37. The summed E-state index contributed by atoms with van der Waals surface area (Å²) < 4.78 is 23.2. The molecule has 2 aliphatic rings. The van der Waals surface area contributed by atoms with Crippen molar-refractivity contribution < 1.29 is 22.9 Å². The van der Waals surface area contributed by atoms with Crippen molar-refractivity contribution in [3.63, 3.8) is 0 Å². The van der Waals surface area contributed by atoms with Crippen LogP contribution in [0, 0.1) is 0 Å². The molecule has 1 aromatic carbocycles. The Morgan fingerprint density at radius 3 is 2.33 bits per heavy atom. The lowest BCUT2D eigenvalue weighted by molar-refractivity contribution is -0.892. The average Bonchev–Trinajstić information content (AvgIpc) is 2.87. The summed E-state index contributed by atoms with van der Waals surface area (Å²) in [5, 5.41) is 2.22. The highest BCUT2D eigenvalue weighted by atomic mass is 35.5. The summed E-state index contributed by atoms with van der Waals surface area (Å²) in [5.74, 6) is -0.257. The van der Waals surface area contributed by atoms with E-state index in [-0.39, 0.29) is 23.2 Å². The zero-order chi connectivity index (χ0) is 19.6. The van der Waals surface area contributed by atoms with Crippen LogP contribution in [0.2, 0.25) is 0 Å². The van der Waals surface area contributed by atoms with Crippen LogP contribution in [0.25, 0.3) is 0 Å². The predicted octanol–water partition coefficient (Wildman–Crippen LogP) is -0.885. The second-order valence-corrected chi connectivity index (χ2v) is 10.00. The van der Waals surface area contributed by atoms with E-state index in [1.54, 1.807) is 6.92 Å². The molecule has 0 aromatic heterocycles. The van der Waals surface area contributed by atoms with Crippen LogP contribution in [0.3, 0.4) is 0 Å². The van der Waals surface area contributed by atoms with Gasteiger partial charge in [-0.1, -0.05) is 0 Å². The number of hydrogen-bond acceptors (Lipinski definition) is 5. The first-order chi connectivity index (χ1) is 12.7. The van der Waals surface area contributed by atoms with Crippen LogP contribution in [0.4, 0.5) is 5.69 Å². The zero-order valence-corrected chi connectivity index (χ0v) is 16.9. The van der Waals surface area contributed by atoms with Crippen molar-refractivity contribution in [1.82, 2.24) is 5.32 Å². The van der Waals surface area contributed by atoms with Gasteiger partial charge in [0.1, 0.15) is 0 Å². The van der Waals surface area contributed by atoms with Gasteiger partial charge >= 0.3 is 0 Å². The molecule has 2 N–H and O–H groups in total. The maximum atomic E-state index is 12.2. The molecule has 2 heterocycles. The molecule has 2 atom stereocenters. The number of rotatable bonds is 5. The third-order valence-electron chi connectivity index (χ3n) is 5.15. The van der Waals surface area contributed by atoms with E-state index < -0.39 is 21.3 Å². The molecule has 0 aliphatic carbocycles. The molecule has 148 valence electrons. The first kappa shape index (κ1) is 20.1. The highest BCUT2D eigenvalue weighted by molar-refractivity contribution is 7.91. The fourth-order valence-electron chi connectivity index (χ4n) is 3.59. The Labute approximate surface area is 164 Å². The van der Waals surface area contributed by atoms with Gasteiger partial charge in [0.25, 0.3) is 5.91 Å². The SMILES string of the molecule is CC(=O)c1ccc(N2CC[NH+](CC(=O)N[C@@H]3CS(=O)(=O)C[C@@H]3Cl)CC2)cc1. The van der Waals surface area contributed by atoms with Crippen molar-refractivity contribution in [2.45, 2.75) is 18.3 Å². The number of Topliss-reactive ketones (excluding diaryl/α,β-unsaturated/α-hetero) is 1. The van der Waals surface area contributed by atoms with Gasteiger partial charge in [-0.25, -0.2) is 8.42 Å². The number of ketones is 1. The van der Waals surface area contributed by atoms with E-state index in [1.165, 1.54) is 0 Å². The Morgan fingerprint density at radius 1 is 1.19 bits per heavy atom. The molecule has 3 rings (SSSR count). The fraction of sp³-hybridized carbons (Fsp3) is 0.556. The molecule has 0 spiro atoms. The Morgan fingerprint density at radius 2 is 1.81 bits per heavy atom. The molecule has 2 saturated heterocycles. The molecule has 0 bridgehead atoms. The monoisotopic (exact) mass is 414 g/mol. The summed E-state index contributed by atoms with van der Waals surface area (Å²) >= 11 is 6.04. The lowest BCUT2D eigenvalue weighted by atomic mass is 10.1. The Kier molecular flexibility index (Phi) is 6.08. The lowest BCUT2D eigenvalue weighted by Gasteiger charge is -2.33. The minimum Gasteiger partial charge on any atom is -0.360 e. The molecule has 0 unspecified atom stereocenters. The van der Waals surface area contributed by atoms with Gasteiger partial charge in [-0.15, -0.1) is 11.6 Å². The van der Waals surface area contributed by atoms with E-state index in [0.29, 0.717) is 12.1 Å². The van der Waals surface area contributed by atoms with Crippen LogP contribution in [-0.4, -0.2) is 75.8 Å². The number of quaternary nitrogens is 1. The number of piperazine rings is 1. The van der Waals surface area contributed by atoms with E-state index in [4.69, 9.17) is 11.6 Å². The smallest absolute Gasteiger partial charge is 0.275 e.